The molecule has 6 heteroatoms. The van der Waals surface area contributed by atoms with E-state index in [1.165, 1.54) is 4.68 Å². The largest absolute Gasteiger partial charge is 0.382 e. The van der Waals surface area contributed by atoms with E-state index < -0.39 is 0 Å². The smallest absolute Gasteiger partial charge is 0.246 e. The Morgan fingerprint density at radius 1 is 1.42 bits per heavy atom. The number of nitrogens with two attached hydrogens (primary N) is 1. The van der Waals surface area contributed by atoms with E-state index in [1.54, 1.807) is 12.3 Å². The van der Waals surface area contributed by atoms with Crippen LogP contribution in [0.4, 0.5) is 11.5 Å². The standard InChI is InChI=1S/C13H15BrN4O/c1-8-5-10(14)6-9(2)13(8)16-12(19)7-18-4-3-11(15)17-18/h3-6H,7H2,1-2H3,(H2,15,17)(H,16,19). The second-order valence-corrected chi connectivity index (χ2v) is 5.32. The molecular weight excluding hydrogens is 308 g/mol. The van der Waals surface area contributed by atoms with Crippen LogP contribution in [0.1, 0.15) is 11.1 Å². The average molecular weight is 323 g/mol. The Bertz CT molecular complexity index is 598. The highest BCUT2D eigenvalue weighted by molar-refractivity contribution is 9.10. The van der Waals surface area contributed by atoms with Crippen LogP contribution in [0.5, 0.6) is 0 Å². The van der Waals surface area contributed by atoms with Crippen LogP contribution in [0.25, 0.3) is 0 Å². The van der Waals surface area contributed by atoms with Crippen molar-refractivity contribution in [2.45, 2.75) is 20.4 Å². The lowest BCUT2D eigenvalue weighted by atomic mass is 10.1. The summed E-state index contributed by atoms with van der Waals surface area (Å²) in [6, 6.07) is 5.59. The number of rotatable bonds is 3. The molecule has 3 N–H and O–H groups in total. The van der Waals surface area contributed by atoms with Gasteiger partial charge in [0.05, 0.1) is 0 Å². The van der Waals surface area contributed by atoms with Crippen LogP contribution >= 0.6 is 15.9 Å². The van der Waals surface area contributed by atoms with E-state index in [1.807, 2.05) is 26.0 Å². The minimum Gasteiger partial charge on any atom is -0.382 e. The van der Waals surface area contributed by atoms with Crippen LogP contribution in [0.15, 0.2) is 28.9 Å². The molecule has 0 aliphatic rings. The van der Waals surface area contributed by atoms with E-state index in [2.05, 4.69) is 26.3 Å². The van der Waals surface area contributed by atoms with Gasteiger partial charge in [-0.25, -0.2) is 0 Å². The summed E-state index contributed by atoms with van der Waals surface area (Å²) in [4.78, 5) is 12.0. The Labute approximate surface area is 119 Å². The van der Waals surface area contributed by atoms with Gasteiger partial charge in [-0.15, -0.1) is 0 Å². The molecule has 0 atom stereocenters. The molecule has 0 unspecified atom stereocenters. The van der Waals surface area contributed by atoms with Crippen LogP contribution in [-0.2, 0) is 11.3 Å². The molecule has 1 amide bonds. The van der Waals surface area contributed by atoms with Gasteiger partial charge in [-0.1, -0.05) is 15.9 Å². The highest BCUT2D eigenvalue weighted by atomic mass is 79.9. The molecule has 0 aliphatic carbocycles. The lowest BCUT2D eigenvalue weighted by Gasteiger charge is -2.12. The van der Waals surface area contributed by atoms with Gasteiger partial charge in [-0.05, 0) is 43.2 Å². The zero-order valence-corrected chi connectivity index (χ0v) is 12.4. The SMILES string of the molecule is Cc1cc(Br)cc(C)c1NC(=O)Cn1ccc(N)n1. The molecule has 0 saturated carbocycles. The van der Waals surface area contributed by atoms with Gasteiger partial charge in [0.15, 0.2) is 0 Å². The van der Waals surface area contributed by atoms with E-state index >= 15 is 0 Å². The first kappa shape index (κ1) is 13.6. The molecule has 0 bridgehead atoms. The maximum atomic E-state index is 12.0. The number of carbonyl (C=O) groups excluding carboxylic acids is 1. The molecule has 0 radical (unpaired) electrons. The van der Waals surface area contributed by atoms with Crippen molar-refractivity contribution in [1.29, 1.82) is 0 Å². The van der Waals surface area contributed by atoms with Crippen molar-refractivity contribution in [2.24, 2.45) is 0 Å². The molecule has 5 nitrogen and oxygen atoms in total. The number of benzene rings is 1. The molecule has 0 saturated heterocycles. The number of hydrogen-bond donors (Lipinski definition) is 2. The summed E-state index contributed by atoms with van der Waals surface area (Å²) in [5.74, 6) is 0.278. The maximum absolute atomic E-state index is 12.0. The van der Waals surface area contributed by atoms with Gasteiger partial charge in [-0.2, -0.15) is 5.10 Å². The van der Waals surface area contributed by atoms with E-state index in [-0.39, 0.29) is 12.5 Å². The van der Waals surface area contributed by atoms with Gasteiger partial charge in [0.2, 0.25) is 5.91 Å². The Balaban J connectivity index is 2.11. The fourth-order valence-electron chi connectivity index (χ4n) is 1.90. The van der Waals surface area contributed by atoms with Gasteiger partial charge >= 0.3 is 0 Å². The van der Waals surface area contributed by atoms with Crippen LogP contribution in [-0.4, -0.2) is 15.7 Å². The van der Waals surface area contributed by atoms with Crippen LogP contribution in [0.3, 0.4) is 0 Å². The minimum absolute atomic E-state index is 0.128. The zero-order valence-electron chi connectivity index (χ0n) is 10.8. The summed E-state index contributed by atoms with van der Waals surface area (Å²) >= 11 is 3.43. The fraction of sp³-hybridized carbons (Fsp3) is 0.231. The molecule has 19 heavy (non-hydrogen) atoms. The first-order valence-electron chi connectivity index (χ1n) is 5.81. The lowest BCUT2D eigenvalue weighted by Crippen LogP contribution is -2.20. The highest BCUT2D eigenvalue weighted by Gasteiger charge is 2.09. The number of carbonyl (C=O) groups is 1. The third kappa shape index (κ3) is 3.35. The van der Waals surface area contributed by atoms with E-state index in [4.69, 9.17) is 5.73 Å². The Hall–Kier alpha value is -1.82. The highest BCUT2D eigenvalue weighted by Crippen LogP contribution is 2.25. The second kappa shape index (κ2) is 5.44. The minimum atomic E-state index is -0.128. The predicted octanol–water partition coefficient (Wildman–Crippen LogP) is 2.48. The number of nitrogens with one attached hydrogen (secondary N) is 1. The van der Waals surface area contributed by atoms with Crippen LogP contribution < -0.4 is 11.1 Å². The first-order valence-corrected chi connectivity index (χ1v) is 6.60. The Morgan fingerprint density at radius 3 is 2.58 bits per heavy atom. The monoisotopic (exact) mass is 322 g/mol. The summed E-state index contributed by atoms with van der Waals surface area (Å²) in [5.41, 5.74) is 8.37. The number of hydrogen-bond acceptors (Lipinski definition) is 3. The number of anilines is 2. The van der Waals surface area contributed by atoms with Crippen molar-refractivity contribution >= 4 is 33.3 Å². The maximum Gasteiger partial charge on any atom is 0.246 e. The van der Waals surface area contributed by atoms with Crippen molar-refractivity contribution in [3.8, 4) is 0 Å². The van der Waals surface area contributed by atoms with Gasteiger partial charge in [0.25, 0.3) is 0 Å². The number of aromatic nitrogens is 2. The Kier molecular flexibility index (Phi) is 3.90. The predicted molar refractivity (Wildman–Crippen MR) is 78.9 cm³/mol. The third-order valence-corrected chi connectivity index (χ3v) is 3.19. The Morgan fingerprint density at radius 2 is 2.05 bits per heavy atom. The normalized spacial score (nSPS) is 10.5. The number of nitrogen functional groups attached to an aromatic ring is 1. The fourth-order valence-corrected chi connectivity index (χ4v) is 2.59. The lowest BCUT2D eigenvalue weighted by molar-refractivity contribution is -0.116. The topological polar surface area (TPSA) is 72.9 Å². The van der Waals surface area contributed by atoms with E-state index in [0.29, 0.717) is 5.82 Å². The summed E-state index contributed by atoms with van der Waals surface area (Å²) in [7, 11) is 0. The van der Waals surface area contributed by atoms with Gasteiger partial charge in [-0.3, -0.25) is 9.48 Å². The quantitative estimate of drug-likeness (QED) is 0.911. The van der Waals surface area contributed by atoms with E-state index in [9.17, 15) is 4.79 Å². The van der Waals surface area contributed by atoms with Crippen molar-refractivity contribution < 1.29 is 4.79 Å². The van der Waals surface area contributed by atoms with Crippen molar-refractivity contribution in [3.63, 3.8) is 0 Å². The second-order valence-electron chi connectivity index (χ2n) is 4.40. The average Bonchev–Trinajstić information content (AvgIpc) is 2.69. The molecule has 1 aromatic carbocycles. The van der Waals surface area contributed by atoms with Crippen LogP contribution in [0.2, 0.25) is 0 Å². The number of nitrogens with zero attached hydrogens (tertiary/aromatic N) is 2. The number of amides is 1. The summed E-state index contributed by atoms with van der Waals surface area (Å²) < 4.78 is 2.51. The third-order valence-electron chi connectivity index (χ3n) is 2.73. The molecule has 1 aromatic heterocycles. The molecule has 2 aromatic rings. The summed E-state index contributed by atoms with van der Waals surface area (Å²) in [5, 5.41) is 6.88. The zero-order chi connectivity index (χ0) is 14.0. The molecule has 100 valence electrons. The molecule has 0 aliphatic heterocycles. The summed E-state index contributed by atoms with van der Waals surface area (Å²) in [6.07, 6.45) is 1.68. The number of halogens is 1. The number of aryl methyl sites for hydroxylation is 2. The molecule has 0 fully saturated rings. The van der Waals surface area contributed by atoms with Crippen molar-refractivity contribution in [2.75, 3.05) is 11.1 Å². The molecular formula is C13H15BrN4O. The van der Waals surface area contributed by atoms with Crippen LogP contribution in [0, 0.1) is 13.8 Å². The van der Waals surface area contributed by atoms with Gasteiger partial charge in [0, 0.05) is 16.4 Å². The molecule has 1 heterocycles. The van der Waals surface area contributed by atoms with E-state index in [0.717, 1.165) is 21.3 Å². The molecule has 2 rings (SSSR count). The van der Waals surface area contributed by atoms with Gasteiger partial charge in [0.1, 0.15) is 12.4 Å². The van der Waals surface area contributed by atoms with Crippen molar-refractivity contribution in [1.82, 2.24) is 9.78 Å². The molecule has 0 spiro atoms. The first-order chi connectivity index (χ1) is 8.95. The van der Waals surface area contributed by atoms with Crippen molar-refractivity contribution in [3.05, 3.63) is 40.0 Å². The van der Waals surface area contributed by atoms with Gasteiger partial charge < -0.3 is 11.1 Å². The summed E-state index contributed by atoms with van der Waals surface area (Å²) in [6.45, 7) is 4.06.